The molecule has 0 saturated carbocycles. The maximum atomic E-state index is 10.6. The zero-order chi connectivity index (χ0) is 13.3. The van der Waals surface area contributed by atoms with Gasteiger partial charge in [0.1, 0.15) is 5.60 Å². The van der Waals surface area contributed by atoms with Gasteiger partial charge in [-0.25, -0.2) is 0 Å². The van der Waals surface area contributed by atoms with Crippen molar-refractivity contribution in [2.45, 2.75) is 25.7 Å². The van der Waals surface area contributed by atoms with Gasteiger partial charge in [0, 0.05) is 19.2 Å². The highest BCUT2D eigenvalue weighted by Gasteiger charge is 2.33. The van der Waals surface area contributed by atoms with Gasteiger partial charge in [-0.05, 0) is 31.5 Å². The average molecular weight is 252 g/mol. The normalized spacial score (nSPS) is 23.8. The molecule has 1 aliphatic heterocycles. The Morgan fingerprint density at radius 3 is 2.50 bits per heavy atom. The minimum atomic E-state index is -0.422. The fourth-order valence-corrected chi connectivity index (χ4v) is 1.92. The van der Waals surface area contributed by atoms with E-state index < -0.39 is 4.92 Å². The summed E-state index contributed by atoms with van der Waals surface area (Å²) in [5.41, 5.74) is 0.545. The number of benzene rings is 1. The standard InChI is InChI=1S/C12H16N2O4/c1-12(2)8-17-11(13(3)18-12)9-4-6-10(7-5-9)14(15)16/h4-7,11H,8H2,1-3H3. The first-order chi connectivity index (χ1) is 8.39. The number of nitro groups is 1. The highest BCUT2D eigenvalue weighted by atomic mass is 16.8. The van der Waals surface area contributed by atoms with Crippen LogP contribution in [0.4, 0.5) is 5.69 Å². The van der Waals surface area contributed by atoms with E-state index in [0.29, 0.717) is 6.61 Å². The number of hydrogen-bond acceptors (Lipinski definition) is 5. The smallest absolute Gasteiger partial charge is 0.269 e. The van der Waals surface area contributed by atoms with E-state index in [1.165, 1.54) is 12.1 Å². The summed E-state index contributed by atoms with van der Waals surface area (Å²) in [6.45, 7) is 4.35. The van der Waals surface area contributed by atoms with E-state index in [-0.39, 0.29) is 17.5 Å². The van der Waals surface area contributed by atoms with Gasteiger partial charge < -0.3 is 4.74 Å². The summed E-state index contributed by atoms with van der Waals surface area (Å²) < 4.78 is 5.72. The molecule has 1 fully saturated rings. The Hall–Kier alpha value is -1.50. The van der Waals surface area contributed by atoms with Gasteiger partial charge in [0.05, 0.1) is 11.5 Å². The first kappa shape index (κ1) is 12.9. The molecule has 0 amide bonds. The van der Waals surface area contributed by atoms with Gasteiger partial charge in [-0.2, -0.15) is 5.06 Å². The second kappa shape index (κ2) is 4.64. The molecule has 6 heteroatoms. The Morgan fingerprint density at radius 2 is 2.00 bits per heavy atom. The summed E-state index contributed by atoms with van der Waals surface area (Å²) in [5, 5.41) is 12.2. The van der Waals surface area contributed by atoms with Gasteiger partial charge in [-0.15, -0.1) is 0 Å². The zero-order valence-electron chi connectivity index (χ0n) is 10.6. The molecule has 0 aromatic heterocycles. The molecular weight excluding hydrogens is 236 g/mol. The Bertz CT molecular complexity index is 444. The van der Waals surface area contributed by atoms with Crippen molar-refractivity contribution in [2.24, 2.45) is 0 Å². The molecule has 1 unspecified atom stereocenters. The first-order valence-electron chi connectivity index (χ1n) is 5.67. The highest BCUT2D eigenvalue weighted by molar-refractivity contribution is 5.33. The molecule has 1 aromatic carbocycles. The van der Waals surface area contributed by atoms with Crippen LogP contribution < -0.4 is 0 Å². The lowest BCUT2D eigenvalue weighted by molar-refractivity contribution is -0.385. The van der Waals surface area contributed by atoms with E-state index in [4.69, 9.17) is 9.57 Å². The number of nitrogens with zero attached hydrogens (tertiary/aromatic N) is 2. The van der Waals surface area contributed by atoms with E-state index in [2.05, 4.69) is 0 Å². The minimum Gasteiger partial charge on any atom is -0.354 e. The lowest BCUT2D eigenvalue weighted by Crippen LogP contribution is -2.46. The molecule has 0 radical (unpaired) electrons. The topological polar surface area (TPSA) is 64.8 Å². The van der Waals surface area contributed by atoms with Crippen molar-refractivity contribution in [3.63, 3.8) is 0 Å². The van der Waals surface area contributed by atoms with Crippen molar-refractivity contribution in [1.29, 1.82) is 0 Å². The summed E-state index contributed by atoms with van der Waals surface area (Å²) in [7, 11) is 1.78. The van der Waals surface area contributed by atoms with Gasteiger partial charge in [0.2, 0.25) is 0 Å². The summed E-state index contributed by atoms with van der Waals surface area (Å²) >= 11 is 0. The molecule has 1 aliphatic rings. The van der Waals surface area contributed by atoms with E-state index in [0.717, 1.165) is 5.56 Å². The third kappa shape index (κ3) is 2.66. The number of hydroxylamine groups is 2. The summed E-state index contributed by atoms with van der Waals surface area (Å²) in [5.74, 6) is 0. The molecule has 1 heterocycles. The zero-order valence-corrected chi connectivity index (χ0v) is 10.6. The van der Waals surface area contributed by atoms with Crippen LogP contribution in [0.5, 0.6) is 0 Å². The number of nitro benzene ring substituents is 1. The second-order valence-electron chi connectivity index (χ2n) is 4.91. The van der Waals surface area contributed by atoms with Crippen molar-refractivity contribution < 1.29 is 14.5 Å². The fourth-order valence-electron chi connectivity index (χ4n) is 1.92. The molecule has 0 N–H and O–H groups in total. The van der Waals surface area contributed by atoms with Crippen LogP contribution >= 0.6 is 0 Å². The molecule has 18 heavy (non-hydrogen) atoms. The molecule has 98 valence electrons. The molecule has 0 aliphatic carbocycles. The van der Waals surface area contributed by atoms with Crippen LogP contribution in [-0.4, -0.2) is 29.2 Å². The number of ether oxygens (including phenoxy) is 1. The van der Waals surface area contributed by atoms with Crippen LogP contribution in [0.2, 0.25) is 0 Å². The van der Waals surface area contributed by atoms with Crippen molar-refractivity contribution in [2.75, 3.05) is 13.7 Å². The van der Waals surface area contributed by atoms with Crippen LogP contribution in [0.1, 0.15) is 25.6 Å². The molecular formula is C12H16N2O4. The summed E-state index contributed by atoms with van der Waals surface area (Å²) in [6.07, 6.45) is -0.334. The maximum absolute atomic E-state index is 10.6. The molecule has 0 bridgehead atoms. The van der Waals surface area contributed by atoms with Gasteiger partial charge in [-0.3, -0.25) is 15.0 Å². The van der Waals surface area contributed by atoms with Crippen LogP contribution in [0.25, 0.3) is 0 Å². The van der Waals surface area contributed by atoms with Crippen LogP contribution in [0.3, 0.4) is 0 Å². The fraction of sp³-hybridized carbons (Fsp3) is 0.500. The summed E-state index contributed by atoms with van der Waals surface area (Å²) in [6, 6.07) is 6.29. The van der Waals surface area contributed by atoms with E-state index in [1.54, 1.807) is 24.2 Å². The van der Waals surface area contributed by atoms with Crippen LogP contribution in [0, 0.1) is 10.1 Å². The maximum Gasteiger partial charge on any atom is 0.269 e. The van der Waals surface area contributed by atoms with Crippen molar-refractivity contribution in [3.05, 3.63) is 39.9 Å². The highest BCUT2D eigenvalue weighted by Crippen LogP contribution is 2.31. The molecule has 1 atom stereocenters. The Morgan fingerprint density at radius 1 is 1.39 bits per heavy atom. The molecule has 2 rings (SSSR count). The van der Waals surface area contributed by atoms with E-state index >= 15 is 0 Å². The third-order valence-corrected chi connectivity index (χ3v) is 2.70. The van der Waals surface area contributed by atoms with Gasteiger partial charge in [0.15, 0.2) is 6.23 Å². The monoisotopic (exact) mass is 252 g/mol. The minimum absolute atomic E-state index is 0.0680. The molecule has 6 nitrogen and oxygen atoms in total. The number of hydrogen-bond donors (Lipinski definition) is 0. The Kier molecular flexibility index (Phi) is 3.34. The predicted octanol–water partition coefficient (Wildman–Crippen LogP) is 2.27. The quantitative estimate of drug-likeness (QED) is 0.596. The first-order valence-corrected chi connectivity index (χ1v) is 5.67. The van der Waals surface area contributed by atoms with E-state index in [9.17, 15) is 10.1 Å². The van der Waals surface area contributed by atoms with Crippen molar-refractivity contribution in [1.82, 2.24) is 5.06 Å². The van der Waals surface area contributed by atoms with Crippen LogP contribution in [-0.2, 0) is 9.57 Å². The number of rotatable bonds is 2. The largest absolute Gasteiger partial charge is 0.354 e. The van der Waals surface area contributed by atoms with E-state index in [1.807, 2.05) is 13.8 Å². The third-order valence-electron chi connectivity index (χ3n) is 2.70. The molecule has 0 spiro atoms. The Labute approximate surface area is 105 Å². The SMILES string of the molecule is CN1OC(C)(C)COC1c1ccc([N+](=O)[O-])cc1. The summed E-state index contributed by atoms with van der Waals surface area (Å²) in [4.78, 5) is 15.8. The lowest BCUT2D eigenvalue weighted by atomic mass is 10.1. The lowest BCUT2D eigenvalue weighted by Gasteiger charge is -2.41. The van der Waals surface area contributed by atoms with Gasteiger partial charge >= 0.3 is 0 Å². The van der Waals surface area contributed by atoms with Gasteiger partial charge in [0.25, 0.3) is 5.69 Å². The molecule has 1 aromatic rings. The van der Waals surface area contributed by atoms with Crippen molar-refractivity contribution in [3.8, 4) is 0 Å². The Balaban J connectivity index is 2.15. The number of non-ortho nitro benzene ring substituents is 1. The second-order valence-corrected chi connectivity index (χ2v) is 4.91. The van der Waals surface area contributed by atoms with Gasteiger partial charge in [-0.1, -0.05) is 0 Å². The van der Waals surface area contributed by atoms with Crippen molar-refractivity contribution >= 4 is 5.69 Å². The predicted molar refractivity (Wildman–Crippen MR) is 64.7 cm³/mol. The average Bonchev–Trinajstić information content (AvgIpc) is 2.28. The molecule has 1 saturated heterocycles. The van der Waals surface area contributed by atoms with Crippen LogP contribution in [0.15, 0.2) is 24.3 Å².